The molecule has 2 amide bonds. The standard InChI is InChI=1S/C29H28N4O3.C19H27BN2O3.C16H13ClN2O2.C13H15BrN2O.C12H13BrN2O.C2H7PS.CH3I.BH3P.ClH/c1-32(2)29(34)20-6-4-19(5-7-20)27-17-25-28(36-27)24(10-13-31-25)21-8-9-26(22(16-21)18-30)33(3)23-11-14-35-15-12-23;1-18(2)19(3,4)25-20(24-18)15-6-7-17(14(12-15)13-21)22(5)16-8-10-23-11-9-16;1-19(2)16(20)11-5-3-10(4-6-11)14-9-13-15(21-14)12(17)7-8-18-13;1-16(12-4-6-17-7-5-12)13-3-2-11(14)8-10(13)9-15;13-10-1-2-12(9(7-10)8-14)15-11-3-5-16-6-4-11;1-4-2-3;2*1-2;/h4-10,13,16-17,23H,11-12,14-15H2,1-3H3;6-7,12,16H,8-11H2,1-5H3;3-9H,1-2H3;2-3,8,12H,4-7H2,1H3;1-2,7,11,15H,3-6H2;2-3H2,1H3;1H3;1H,2H2;1H/i;;;;;;;1D;. The van der Waals surface area contributed by atoms with Gasteiger partial charge in [-0.3, -0.25) is 19.6 Å². The first-order valence-corrected chi connectivity index (χ1v) is 47.3. The van der Waals surface area contributed by atoms with Crippen LogP contribution in [-0.2, 0) is 28.3 Å². The minimum atomic E-state index is -0.445. The molecular formula is C92H110B2Br2Cl2IN12O10P2S. The Hall–Kier alpha value is -7.83. The van der Waals surface area contributed by atoms with Crippen molar-refractivity contribution in [2.45, 2.75) is 114 Å². The molecule has 9 heterocycles. The van der Waals surface area contributed by atoms with Gasteiger partial charge in [0.1, 0.15) is 54.4 Å². The smallest absolute Gasteiger partial charge is 0.454 e. The number of carbonyl (C=O) groups is 2. The molecule has 0 spiro atoms. The number of amides is 2. The van der Waals surface area contributed by atoms with E-state index in [0.717, 1.165) is 175 Å². The second-order valence-corrected chi connectivity index (χ2v) is 34.7. The Balaban J connectivity index is 0.000000215. The summed E-state index contributed by atoms with van der Waals surface area (Å²) in [7, 11) is 18.5. The van der Waals surface area contributed by atoms with Crippen LogP contribution < -0.4 is 25.5 Å². The van der Waals surface area contributed by atoms with Gasteiger partial charge in [-0.2, -0.15) is 41.9 Å². The molecule has 4 aromatic heterocycles. The molecule has 0 saturated carbocycles. The number of benzene rings is 6. The first kappa shape index (κ1) is 102. The monoisotopic (exact) mass is 2010 g/mol. The first-order valence-electron chi connectivity index (χ1n) is 40.8. The summed E-state index contributed by atoms with van der Waals surface area (Å²) in [5, 5.41) is 41.7. The van der Waals surface area contributed by atoms with Gasteiger partial charge in [-0.05, 0) is 200 Å². The SMILES string of the molecule is CI.CN(C)C(=O)c1ccc(-c2cc3nccc(-c4ccc(N(C)C5CCOCC5)c(C#N)c4)c3o2)cc1.CN(C)C(=O)c1ccc(-c2cc3nccc(Cl)c3o2)cc1.CN(c1ccc(B2OC(C)(C)C(C)(C)O2)cc1C#N)C1CCOCC1.CN(c1ccc(Br)cc1C#N)C1CCOCC1.CSCP.Cl.N#Cc1cc(Br)ccc1NC1CCOCC1.[2H][B]P. The van der Waals surface area contributed by atoms with Crippen LogP contribution in [0.5, 0.6) is 0 Å². The van der Waals surface area contributed by atoms with Crippen LogP contribution in [0.4, 0.5) is 22.7 Å². The van der Waals surface area contributed by atoms with Gasteiger partial charge in [0.05, 0.1) is 61.2 Å². The number of alkyl halides is 1. The third-order valence-electron chi connectivity index (χ3n) is 21.8. The van der Waals surface area contributed by atoms with Gasteiger partial charge < -0.3 is 66.9 Å². The first-order chi connectivity index (χ1) is 59.6. The minimum absolute atomic E-state index is 0. The molecule has 1 radical (unpaired) electrons. The van der Waals surface area contributed by atoms with E-state index in [-0.39, 0.29) is 35.4 Å². The fourth-order valence-corrected chi connectivity index (χ4v) is 15.0. The quantitative estimate of drug-likeness (QED) is 0.0432. The molecule has 5 aliphatic heterocycles. The molecule has 5 fully saturated rings. The van der Waals surface area contributed by atoms with Gasteiger partial charge in [-0.15, -0.1) is 21.6 Å². The van der Waals surface area contributed by atoms with Gasteiger partial charge in [0, 0.05) is 193 Å². The number of anilines is 4. The zero-order chi connectivity index (χ0) is 90.2. The zero-order valence-corrected chi connectivity index (χ0v) is 82.5. The Morgan fingerprint density at radius 1 is 0.548 bits per heavy atom. The summed E-state index contributed by atoms with van der Waals surface area (Å²) in [4.78, 5) is 44.4. The molecule has 0 bridgehead atoms. The molecule has 6 aromatic carbocycles. The fraction of sp³-hybridized carbons (Fsp3) is 0.391. The number of hydrogen-bond donors (Lipinski definition) is 1. The summed E-state index contributed by atoms with van der Waals surface area (Å²) in [6.07, 6.45) is 13.4. The van der Waals surface area contributed by atoms with E-state index in [0.29, 0.717) is 90.8 Å². The van der Waals surface area contributed by atoms with Crippen LogP contribution in [0.25, 0.3) is 56.0 Å². The van der Waals surface area contributed by atoms with Crippen LogP contribution in [0.1, 0.15) is 122 Å². The van der Waals surface area contributed by atoms with Crippen molar-refractivity contribution in [3.05, 3.63) is 205 Å². The number of furan rings is 2. The maximum atomic E-state index is 12.2. The van der Waals surface area contributed by atoms with E-state index in [1.54, 1.807) is 80.7 Å². The third kappa shape index (κ3) is 28.1. The van der Waals surface area contributed by atoms with Gasteiger partial charge in [0.2, 0.25) is 0 Å². The summed E-state index contributed by atoms with van der Waals surface area (Å²) >= 11 is 16.8. The molecule has 15 rings (SSSR count). The summed E-state index contributed by atoms with van der Waals surface area (Å²) in [5.74, 6) is 1.27. The minimum Gasteiger partial charge on any atom is -0.454 e. The lowest BCUT2D eigenvalue weighted by Crippen LogP contribution is -2.41. The second-order valence-electron chi connectivity index (χ2n) is 30.6. The Morgan fingerprint density at radius 3 is 1.33 bits per heavy atom. The van der Waals surface area contributed by atoms with Gasteiger partial charge in [-0.1, -0.05) is 102 Å². The van der Waals surface area contributed by atoms with Gasteiger partial charge in [0.25, 0.3) is 11.8 Å². The maximum absolute atomic E-state index is 12.2. The predicted octanol–water partition coefficient (Wildman–Crippen LogP) is 19.9. The fourth-order valence-electron chi connectivity index (χ4n) is 14.1. The normalized spacial score (nSPS) is 15.3. The number of pyridine rings is 2. The van der Waals surface area contributed by atoms with E-state index in [2.05, 4.69) is 147 Å². The third-order valence-corrected chi connectivity index (χ3v) is 24.4. The van der Waals surface area contributed by atoms with Crippen molar-refractivity contribution in [1.29, 1.82) is 22.4 Å². The van der Waals surface area contributed by atoms with Crippen LogP contribution in [0, 0.1) is 45.3 Å². The Morgan fingerprint density at radius 2 is 0.911 bits per heavy atom. The molecule has 5 saturated heterocycles. The highest BCUT2D eigenvalue weighted by Crippen LogP contribution is 2.40. The van der Waals surface area contributed by atoms with E-state index in [1.165, 1.54) is 7.53 Å². The number of fused-ring (bicyclic) bond motifs is 2. The van der Waals surface area contributed by atoms with E-state index in [1.807, 2.05) is 167 Å². The number of rotatable bonds is 15. The van der Waals surface area contributed by atoms with E-state index in [4.69, 9.17) is 60.6 Å². The van der Waals surface area contributed by atoms with E-state index >= 15 is 0 Å². The molecule has 2 unspecified atom stereocenters. The van der Waals surface area contributed by atoms with E-state index < -0.39 is 7.12 Å². The molecule has 32 heteroatoms. The number of aromatic nitrogens is 2. The number of ether oxygens (including phenoxy) is 4. The average Bonchev–Trinajstić information content (AvgIpc) is 1.63. The second kappa shape index (κ2) is 51.2. The van der Waals surface area contributed by atoms with Crippen LogP contribution in [0.3, 0.4) is 0 Å². The number of halogens is 5. The number of nitrogens with one attached hydrogen (secondary N) is 1. The van der Waals surface area contributed by atoms with Gasteiger partial charge in [0.15, 0.2) is 11.2 Å². The highest BCUT2D eigenvalue weighted by Gasteiger charge is 2.52. The molecule has 0 aliphatic carbocycles. The van der Waals surface area contributed by atoms with Crippen molar-refractivity contribution in [3.63, 3.8) is 0 Å². The topological polar surface area (TPSA) is 265 Å². The van der Waals surface area contributed by atoms with Crippen molar-refractivity contribution >= 4 is 185 Å². The predicted molar refractivity (Wildman–Crippen MR) is 531 cm³/mol. The van der Waals surface area contributed by atoms with Crippen molar-refractivity contribution in [2.75, 3.05) is 139 Å². The zero-order valence-electron chi connectivity index (χ0n) is 73.5. The highest BCUT2D eigenvalue weighted by atomic mass is 127. The van der Waals surface area contributed by atoms with Crippen molar-refractivity contribution < 1.29 is 46.7 Å². The lowest BCUT2D eigenvalue weighted by Gasteiger charge is -2.33. The number of nitrogens with zero attached hydrogens (tertiary/aromatic N) is 11. The number of hydrogen-bond acceptors (Lipinski definition) is 21. The van der Waals surface area contributed by atoms with Crippen molar-refractivity contribution in [3.8, 4) is 58.1 Å². The Kier molecular flexibility index (Phi) is 42.0. The number of nitriles is 4. The molecular weight excluding hydrogens is 1910 g/mol. The Bertz CT molecular complexity index is 5300. The van der Waals surface area contributed by atoms with Crippen LogP contribution in [-0.4, -0.2) is 202 Å². The van der Waals surface area contributed by atoms with Crippen LogP contribution >= 0.6 is 109 Å². The molecule has 124 heavy (non-hydrogen) atoms. The number of carbonyl (C=O) groups excluding carboxylic acids is 2. The summed E-state index contributed by atoms with van der Waals surface area (Å²) in [6.45, 7) is 14.4. The summed E-state index contributed by atoms with van der Waals surface area (Å²) in [5.41, 5.74) is 15.2. The highest BCUT2D eigenvalue weighted by molar-refractivity contribution is 14.1. The molecule has 10 aromatic rings. The Labute approximate surface area is 784 Å². The lowest BCUT2D eigenvalue weighted by molar-refractivity contribution is 0.00578. The van der Waals surface area contributed by atoms with Crippen molar-refractivity contribution in [2.24, 2.45) is 0 Å². The van der Waals surface area contributed by atoms with Gasteiger partial charge >= 0.3 is 7.12 Å². The van der Waals surface area contributed by atoms with Crippen LogP contribution in [0.2, 0.25) is 5.02 Å². The molecule has 1 N–H and O–H groups in total. The largest absolute Gasteiger partial charge is 0.494 e. The average molecular weight is 2020 g/mol. The lowest BCUT2D eigenvalue weighted by atomic mass is 9.78. The molecule has 22 nitrogen and oxygen atoms in total. The van der Waals surface area contributed by atoms with Crippen molar-refractivity contribution in [1.82, 2.24) is 19.8 Å². The van der Waals surface area contributed by atoms with E-state index in [9.17, 15) is 20.1 Å². The summed E-state index contributed by atoms with van der Waals surface area (Å²) in [6, 6.07) is 56.2. The summed E-state index contributed by atoms with van der Waals surface area (Å²) < 4.78 is 53.7. The van der Waals surface area contributed by atoms with Crippen LogP contribution in [0.15, 0.2) is 176 Å². The maximum Gasteiger partial charge on any atom is 0.494 e. The van der Waals surface area contributed by atoms with Gasteiger partial charge in [-0.25, -0.2) is 0 Å². The molecule has 5 aliphatic rings. The molecule has 2 atom stereocenters. The number of thioether (sulfide) groups is 1. The molecule has 655 valence electrons.